The molecule has 0 aromatic heterocycles. The Bertz CT molecular complexity index is 189. The van der Waals surface area contributed by atoms with E-state index in [2.05, 4.69) is 11.6 Å². The molecule has 0 aromatic rings. The third kappa shape index (κ3) is 3.44. The standard InChI is InChI=1S/C7H10ClF2NO2/c8-7(9,10)6(12)11-4-5-2-1-3-13-5/h5H,1-4H2,(H,11,12). The molecule has 6 heteroatoms. The number of ether oxygens (including phenoxy) is 1. The second kappa shape index (κ2) is 4.19. The zero-order valence-corrected chi connectivity index (χ0v) is 7.61. The summed E-state index contributed by atoms with van der Waals surface area (Å²) in [5, 5.41) is -1.80. The van der Waals surface area contributed by atoms with E-state index < -0.39 is 11.3 Å². The van der Waals surface area contributed by atoms with Gasteiger partial charge in [0.2, 0.25) is 0 Å². The van der Waals surface area contributed by atoms with Gasteiger partial charge in [-0.05, 0) is 24.4 Å². The van der Waals surface area contributed by atoms with E-state index in [1.54, 1.807) is 0 Å². The summed E-state index contributed by atoms with van der Waals surface area (Å²) in [4.78, 5) is 10.6. The molecular weight excluding hydrogens is 204 g/mol. The summed E-state index contributed by atoms with van der Waals surface area (Å²) in [6, 6.07) is 0. The minimum Gasteiger partial charge on any atom is -0.376 e. The maximum Gasteiger partial charge on any atom is 0.399 e. The Morgan fingerprint density at radius 1 is 1.69 bits per heavy atom. The first-order chi connectivity index (χ1) is 6.00. The summed E-state index contributed by atoms with van der Waals surface area (Å²) in [7, 11) is 0. The molecule has 0 spiro atoms. The van der Waals surface area contributed by atoms with Gasteiger partial charge in [0, 0.05) is 13.2 Å². The quantitative estimate of drug-likeness (QED) is 0.714. The van der Waals surface area contributed by atoms with E-state index in [0.717, 1.165) is 12.8 Å². The van der Waals surface area contributed by atoms with Crippen LogP contribution < -0.4 is 5.32 Å². The van der Waals surface area contributed by atoms with Crippen LogP contribution >= 0.6 is 11.6 Å². The number of amides is 1. The molecule has 1 unspecified atom stereocenters. The topological polar surface area (TPSA) is 38.3 Å². The van der Waals surface area contributed by atoms with E-state index in [4.69, 9.17) is 4.74 Å². The van der Waals surface area contributed by atoms with E-state index in [9.17, 15) is 13.6 Å². The number of hydrogen-bond donors (Lipinski definition) is 1. The third-order valence-corrected chi connectivity index (χ3v) is 1.94. The van der Waals surface area contributed by atoms with Crippen LogP contribution in [0.1, 0.15) is 12.8 Å². The maximum atomic E-state index is 12.1. The number of nitrogens with one attached hydrogen (secondary N) is 1. The molecule has 1 aliphatic rings. The van der Waals surface area contributed by atoms with Crippen LogP contribution in [0.3, 0.4) is 0 Å². The van der Waals surface area contributed by atoms with Crippen molar-refractivity contribution < 1.29 is 18.3 Å². The van der Waals surface area contributed by atoms with Gasteiger partial charge < -0.3 is 10.1 Å². The van der Waals surface area contributed by atoms with Crippen molar-refractivity contribution in [3.8, 4) is 0 Å². The molecule has 1 aliphatic heterocycles. The number of hydrogen-bond acceptors (Lipinski definition) is 2. The lowest BCUT2D eigenvalue weighted by Gasteiger charge is -2.12. The Morgan fingerprint density at radius 3 is 2.85 bits per heavy atom. The predicted octanol–water partition coefficient (Wildman–Crippen LogP) is 1.11. The van der Waals surface area contributed by atoms with Gasteiger partial charge in [0.1, 0.15) is 0 Å². The molecule has 76 valence electrons. The summed E-state index contributed by atoms with van der Waals surface area (Å²) in [6.45, 7) is 0.721. The first-order valence-electron chi connectivity index (χ1n) is 3.97. The van der Waals surface area contributed by atoms with Gasteiger partial charge in [-0.1, -0.05) is 0 Å². The summed E-state index contributed by atoms with van der Waals surface area (Å²) in [5.74, 6) is -1.47. The molecule has 0 aliphatic carbocycles. The molecule has 1 N–H and O–H groups in total. The average molecular weight is 214 g/mol. The molecule has 3 nitrogen and oxygen atoms in total. The molecule has 1 saturated heterocycles. The fraction of sp³-hybridized carbons (Fsp3) is 0.857. The summed E-state index contributed by atoms with van der Waals surface area (Å²) in [5.41, 5.74) is 0. The van der Waals surface area contributed by atoms with Gasteiger partial charge in [0.15, 0.2) is 0 Å². The van der Waals surface area contributed by atoms with Gasteiger partial charge in [-0.3, -0.25) is 4.79 Å². The molecule has 1 heterocycles. The highest BCUT2D eigenvalue weighted by molar-refractivity contribution is 6.32. The summed E-state index contributed by atoms with van der Waals surface area (Å²) >= 11 is 4.48. The van der Waals surface area contributed by atoms with Crippen molar-refractivity contribution in [2.75, 3.05) is 13.2 Å². The summed E-state index contributed by atoms with van der Waals surface area (Å²) < 4.78 is 29.3. The highest BCUT2D eigenvalue weighted by Crippen LogP contribution is 2.18. The number of alkyl halides is 3. The molecular formula is C7H10ClF2NO2. The molecule has 1 rings (SSSR count). The minimum atomic E-state index is -3.82. The fourth-order valence-electron chi connectivity index (χ4n) is 1.11. The van der Waals surface area contributed by atoms with Crippen molar-refractivity contribution in [1.82, 2.24) is 5.32 Å². The zero-order chi connectivity index (χ0) is 9.90. The highest BCUT2D eigenvalue weighted by atomic mass is 35.5. The van der Waals surface area contributed by atoms with Gasteiger partial charge in [0.25, 0.3) is 0 Å². The lowest BCUT2D eigenvalue weighted by atomic mass is 10.2. The first kappa shape index (κ1) is 10.7. The molecule has 0 bridgehead atoms. The van der Waals surface area contributed by atoms with E-state index in [0.29, 0.717) is 6.61 Å². The minimum absolute atomic E-state index is 0.0984. The average Bonchev–Trinajstić information content (AvgIpc) is 2.50. The Labute approximate surface area is 79.4 Å². The van der Waals surface area contributed by atoms with Gasteiger partial charge in [-0.2, -0.15) is 8.78 Å². The second-order valence-electron chi connectivity index (χ2n) is 2.84. The fourth-order valence-corrected chi connectivity index (χ4v) is 1.18. The van der Waals surface area contributed by atoms with Crippen molar-refractivity contribution in [3.63, 3.8) is 0 Å². The monoisotopic (exact) mass is 213 g/mol. The smallest absolute Gasteiger partial charge is 0.376 e. The van der Waals surface area contributed by atoms with Crippen LogP contribution in [0, 0.1) is 0 Å². The Hall–Kier alpha value is -0.420. The molecule has 13 heavy (non-hydrogen) atoms. The lowest BCUT2D eigenvalue weighted by Crippen LogP contribution is -2.40. The van der Waals surface area contributed by atoms with Crippen LogP contribution in [0.2, 0.25) is 0 Å². The Balaban J connectivity index is 2.22. The molecule has 0 aromatic carbocycles. The normalized spacial score (nSPS) is 23.2. The number of rotatable bonds is 3. The summed E-state index contributed by atoms with van der Waals surface area (Å²) in [6.07, 6.45) is 1.54. The van der Waals surface area contributed by atoms with E-state index in [1.807, 2.05) is 5.32 Å². The van der Waals surface area contributed by atoms with Gasteiger partial charge in [-0.25, -0.2) is 0 Å². The Morgan fingerprint density at radius 2 is 2.38 bits per heavy atom. The number of carbonyl (C=O) groups excluding carboxylic acids is 1. The van der Waals surface area contributed by atoms with Crippen molar-refractivity contribution in [2.24, 2.45) is 0 Å². The van der Waals surface area contributed by atoms with Crippen LogP contribution in [-0.2, 0) is 9.53 Å². The van der Waals surface area contributed by atoms with Gasteiger partial charge >= 0.3 is 11.3 Å². The molecule has 1 amide bonds. The van der Waals surface area contributed by atoms with E-state index in [1.165, 1.54) is 0 Å². The molecule has 1 atom stereocenters. The third-order valence-electron chi connectivity index (χ3n) is 1.77. The largest absolute Gasteiger partial charge is 0.399 e. The van der Waals surface area contributed by atoms with Crippen LogP contribution in [0.25, 0.3) is 0 Å². The molecule has 0 radical (unpaired) electrons. The van der Waals surface area contributed by atoms with Crippen LogP contribution in [0.5, 0.6) is 0 Å². The van der Waals surface area contributed by atoms with E-state index in [-0.39, 0.29) is 12.6 Å². The Kier molecular flexibility index (Phi) is 3.44. The van der Waals surface area contributed by atoms with Gasteiger partial charge in [-0.15, -0.1) is 0 Å². The predicted molar refractivity (Wildman–Crippen MR) is 42.8 cm³/mol. The van der Waals surface area contributed by atoms with E-state index >= 15 is 0 Å². The maximum absolute atomic E-state index is 12.1. The number of carbonyl (C=O) groups is 1. The highest BCUT2D eigenvalue weighted by Gasteiger charge is 2.35. The van der Waals surface area contributed by atoms with Gasteiger partial charge in [0.05, 0.1) is 6.10 Å². The van der Waals surface area contributed by atoms with Crippen molar-refractivity contribution in [1.29, 1.82) is 0 Å². The lowest BCUT2D eigenvalue weighted by molar-refractivity contribution is -0.136. The number of halogens is 3. The van der Waals surface area contributed by atoms with Crippen molar-refractivity contribution >= 4 is 17.5 Å². The van der Waals surface area contributed by atoms with Crippen molar-refractivity contribution in [2.45, 2.75) is 24.3 Å². The first-order valence-corrected chi connectivity index (χ1v) is 4.34. The molecule has 1 fully saturated rings. The molecule has 0 saturated carbocycles. The van der Waals surface area contributed by atoms with Crippen LogP contribution in [-0.4, -0.2) is 30.5 Å². The SMILES string of the molecule is O=C(NCC1CCCO1)C(F)(F)Cl. The van der Waals surface area contributed by atoms with Crippen LogP contribution in [0.15, 0.2) is 0 Å². The van der Waals surface area contributed by atoms with Crippen molar-refractivity contribution in [3.05, 3.63) is 0 Å². The second-order valence-corrected chi connectivity index (χ2v) is 3.32. The van der Waals surface area contributed by atoms with Crippen LogP contribution in [0.4, 0.5) is 8.78 Å². The zero-order valence-electron chi connectivity index (χ0n) is 6.86.